The number of piperazine rings is 1. The SMILES string of the molecule is C#CC(F)(F)c1ccc(S(=O)(=O)N2CCN(c3ccc(Cl)cc3Cl)C(c3ccc(Cl)cc3)C2)c(Cl)c1. The average Bonchev–Trinajstić information content (AvgIpc) is 2.84. The Labute approximate surface area is 228 Å². The Morgan fingerprint density at radius 2 is 1.56 bits per heavy atom. The molecule has 0 spiro atoms. The van der Waals surface area contributed by atoms with Crippen molar-refractivity contribution in [2.45, 2.75) is 16.9 Å². The molecule has 1 saturated heterocycles. The molecule has 1 unspecified atom stereocenters. The monoisotopic (exact) mass is 588 g/mol. The van der Waals surface area contributed by atoms with Gasteiger partial charge in [0.25, 0.3) is 0 Å². The van der Waals surface area contributed by atoms with Crippen molar-refractivity contribution in [1.82, 2.24) is 4.31 Å². The highest BCUT2D eigenvalue weighted by Crippen LogP contribution is 2.39. The molecule has 0 bridgehead atoms. The Balaban J connectivity index is 1.72. The topological polar surface area (TPSA) is 40.6 Å². The molecule has 3 aromatic rings. The number of anilines is 1. The largest absolute Gasteiger partial charge is 0.361 e. The van der Waals surface area contributed by atoms with Crippen LogP contribution in [0.3, 0.4) is 0 Å². The second-order valence-corrected chi connectivity index (χ2v) is 11.7. The quantitative estimate of drug-likeness (QED) is 0.294. The second kappa shape index (κ2) is 10.4. The summed E-state index contributed by atoms with van der Waals surface area (Å²) in [4.78, 5) is 1.71. The summed E-state index contributed by atoms with van der Waals surface area (Å²) in [6.45, 7) is 0.435. The highest BCUT2D eigenvalue weighted by atomic mass is 35.5. The molecular weight excluding hydrogens is 572 g/mol. The van der Waals surface area contributed by atoms with Crippen LogP contribution >= 0.6 is 46.4 Å². The lowest BCUT2D eigenvalue weighted by Gasteiger charge is -2.42. The van der Waals surface area contributed by atoms with E-state index in [-0.39, 0.29) is 23.0 Å². The molecule has 0 amide bonds. The minimum Gasteiger partial charge on any atom is -0.361 e. The first kappa shape index (κ1) is 27.0. The summed E-state index contributed by atoms with van der Waals surface area (Å²) in [5, 5.41) is 1.09. The Morgan fingerprint density at radius 1 is 0.889 bits per heavy atom. The number of terminal acetylenes is 1. The van der Waals surface area contributed by atoms with Crippen LogP contribution in [0.15, 0.2) is 65.6 Å². The minimum atomic E-state index is -4.14. The number of hydrogen-bond acceptors (Lipinski definition) is 3. The van der Waals surface area contributed by atoms with Crippen LogP contribution in [0, 0.1) is 12.3 Å². The standard InChI is InChI=1S/C25H18Cl4F2N2O2S/c1-2-25(30,31)17-5-10-24(21(29)13-17)36(34,35)32-11-12-33(22-9-8-19(27)14-20(22)28)23(15-32)16-3-6-18(26)7-4-16/h1,3-10,13-14,23H,11-12,15H2. The normalized spacial score (nSPS) is 17.1. The predicted molar refractivity (Wildman–Crippen MR) is 141 cm³/mol. The van der Waals surface area contributed by atoms with Gasteiger partial charge < -0.3 is 4.90 Å². The van der Waals surface area contributed by atoms with E-state index in [0.717, 1.165) is 23.8 Å². The van der Waals surface area contributed by atoms with Crippen LogP contribution in [0.5, 0.6) is 0 Å². The third kappa shape index (κ3) is 5.31. The third-order valence-electron chi connectivity index (χ3n) is 5.91. The lowest BCUT2D eigenvalue weighted by molar-refractivity contribution is 0.0640. The number of halogens is 6. The maximum atomic E-state index is 13.9. The van der Waals surface area contributed by atoms with Gasteiger partial charge in [-0.1, -0.05) is 64.6 Å². The van der Waals surface area contributed by atoms with Gasteiger partial charge in [0.15, 0.2) is 0 Å². The highest BCUT2D eigenvalue weighted by molar-refractivity contribution is 7.89. The van der Waals surface area contributed by atoms with Crippen LogP contribution in [-0.4, -0.2) is 32.4 Å². The molecule has 0 N–H and O–H groups in total. The van der Waals surface area contributed by atoms with Crippen LogP contribution < -0.4 is 4.90 Å². The van der Waals surface area contributed by atoms with Crippen molar-refractivity contribution in [1.29, 1.82) is 0 Å². The van der Waals surface area contributed by atoms with Gasteiger partial charge in [0.2, 0.25) is 10.0 Å². The molecule has 0 radical (unpaired) electrons. The predicted octanol–water partition coefficient (Wildman–Crippen LogP) is 7.28. The van der Waals surface area contributed by atoms with Crippen LogP contribution in [0.2, 0.25) is 20.1 Å². The fourth-order valence-corrected chi connectivity index (χ4v) is 6.68. The van der Waals surface area contributed by atoms with E-state index in [4.69, 9.17) is 52.8 Å². The first-order chi connectivity index (χ1) is 16.9. The molecule has 36 heavy (non-hydrogen) atoms. The van der Waals surface area contributed by atoms with Crippen LogP contribution in [0.4, 0.5) is 14.5 Å². The van der Waals surface area contributed by atoms with E-state index in [2.05, 4.69) is 0 Å². The van der Waals surface area contributed by atoms with E-state index in [0.29, 0.717) is 27.3 Å². The molecular formula is C25H18Cl4F2N2O2S. The summed E-state index contributed by atoms with van der Waals surface area (Å²) in [6, 6.07) is 14.6. The number of nitrogens with zero attached hydrogens (tertiary/aromatic N) is 2. The molecule has 4 rings (SSSR count). The van der Waals surface area contributed by atoms with Gasteiger partial charge in [0, 0.05) is 35.2 Å². The molecule has 1 atom stereocenters. The molecule has 11 heteroatoms. The smallest absolute Gasteiger partial charge is 0.333 e. The number of alkyl halides is 2. The van der Waals surface area contributed by atoms with Crippen molar-refractivity contribution in [2.75, 3.05) is 24.5 Å². The maximum Gasteiger partial charge on any atom is 0.333 e. The summed E-state index contributed by atoms with van der Waals surface area (Å²) < 4.78 is 56.2. The Hall–Kier alpha value is -2.05. The number of hydrogen-bond donors (Lipinski definition) is 0. The van der Waals surface area contributed by atoms with Crippen LogP contribution in [-0.2, 0) is 15.9 Å². The zero-order chi connectivity index (χ0) is 26.3. The minimum absolute atomic E-state index is 0.0432. The van der Waals surface area contributed by atoms with Gasteiger partial charge in [-0.3, -0.25) is 0 Å². The summed E-state index contributed by atoms with van der Waals surface area (Å²) in [5.74, 6) is -2.20. The zero-order valence-corrected chi connectivity index (χ0v) is 22.3. The van der Waals surface area contributed by atoms with Crippen molar-refractivity contribution in [3.63, 3.8) is 0 Å². The van der Waals surface area contributed by atoms with Gasteiger partial charge >= 0.3 is 5.92 Å². The lowest BCUT2D eigenvalue weighted by Crippen LogP contribution is -2.50. The first-order valence-electron chi connectivity index (χ1n) is 10.6. The van der Waals surface area contributed by atoms with Crippen molar-refractivity contribution >= 4 is 62.1 Å². The summed E-state index contributed by atoms with van der Waals surface area (Å²) in [6.07, 6.45) is 4.89. The van der Waals surface area contributed by atoms with Gasteiger partial charge in [-0.2, -0.15) is 13.1 Å². The number of sulfonamides is 1. The summed E-state index contributed by atoms with van der Waals surface area (Å²) >= 11 is 24.8. The van der Waals surface area contributed by atoms with Crippen molar-refractivity contribution in [3.8, 4) is 12.3 Å². The third-order valence-corrected chi connectivity index (χ3v) is 9.05. The second-order valence-electron chi connectivity index (χ2n) is 8.08. The molecule has 4 nitrogen and oxygen atoms in total. The molecule has 1 fully saturated rings. The van der Waals surface area contributed by atoms with E-state index in [9.17, 15) is 17.2 Å². The molecule has 0 aliphatic carbocycles. The van der Waals surface area contributed by atoms with Gasteiger partial charge in [-0.05, 0) is 53.9 Å². The average molecular weight is 590 g/mol. The number of benzene rings is 3. The van der Waals surface area contributed by atoms with Gasteiger partial charge in [-0.15, -0.1) is 6.42 Å². The maximum absolute atomic E-state index is 13.9. The van der Waals surface area contributed by atoms with Crippen molar-refractivity contribution in [3.05, 3.63) is 91.9 Å². The van der Waals surface area contributed by atoms with E-state index in [1.165, 1.54) is 10.2 Å². The Bertz CT molecular complexity index is 1440. The zero-order valence-electron chi connectivity index (χ0n) is 18.4. The van der Waals surface area contributed by atoms with Crippen molar-refractivity contribution < 1.29 is 17.2 Å². The van der Waals surface area contributed by atoms with Crippen LogP contribution in [0.1, 0.15) is 17.2 Å². The summed E-state index contributed by atoms with van der Waals surface area (Å²) in [5.41, 5.74) is 0.938. The van der Waals surface area contributed by atoms with Gasteiger partial charge in [0.05, 0.1) is 21.8 Å². The molecule has 0 saturated carbocycles. The Morgan fingerprint density at radius 3 is 2.17 bits per heavy atom. The molecule has 188 valence electrons. The van der Waals surface area contributed by atoms with E-state index >= 15 is 0 Å². The molecule has 3 aromatic carbocycles. The molecule has 0 aromatic heterocycles. The van der Waals surface area contributed by atoms with Crippen LogP contribution in [0.25, 0.3) is 0 Å². The summed E-state index contributed by atoms with van der Waals surface area (Å²) in [7, 11) is -4.14. The van der Waals surface area contributed by atoms with Gasteiger partial charge in [-0.25, -0.2) is 8.42 Å². The molecule has 1 heterocycles. The fourth-order valence-electron chi connectivity index (χ4n) is 4.08. The molecule has 1 aliphatic heterocycles. The van der Waals surface area contributed by atoms with E-state index < -0.39 is 27.6 Å². The number of rotatable bonds is 5. The van der Waals surface area contributed by atoms with Crippen molar-refractivity contribution in [2.24, 2.45) is 0 Å². The fraction of sp³-hybridized carbons (Fsp3) is 0.200. The molecule has 1 aliphatic rings. The van der Waals surface area contributed by atoms with E-state index in [1.807, 2.05) is 17.0 Å². The lowest BCUT2D eigenvalue weighted by atomic mass is 10.0. The van der Waals surface area contributed by atoms with E-state index in [1.54, 1.807) is 30.3 Å². The highest BCUT2D eigenvalue weighted by Gasteiger charge is 2.37. The first-order valence-corrected chi connectivity index (χ1v) is 13.5. The van der Waals surface area contributed by atoms with Gasteiger partial charge in [0.1, 0.15) is 4.90 Å². The Kier molecular flexibility index (Phi) is 7.78.